The minimum absolute atomic E-state index is 0.0464. The smallest absolute Gasteiger partial charge is 0.456 e. The molecule has 1 aromatic heterocycles. The van der Waals surface area contributed by atoms with E-state index in [1.165, 1.54) is 12.1 Å². The lowest BCUT2D eigenvalue weighted by atomic mass is 10.1. The first-order chi connectivity index (χ1) is 15.2. The molecule has 1 N–H and O–H groups in total. The Morgan fingerprint density at radius 2 is 1.50 bits per heavy atom. The fourth-order valence-electron chi connectivity index (χ4n) is 3.26. The molecule has 32 heavy (non-hydrogen) atoms. The van der Waals surface area contributed by atoms with Gasteiger partial charge in [0.05, 0.1) is 11.0 Å². The van der Waals surface area contributed by atoms with Gasteiger partial charge in [-0.3, -0.25) is 0 Å². The number of benzene rings is 3. The molecule has 1 heterocycles. The van der Waals surface area contributed by atoms with Crippen LogP contribution in [-0.4, -0.2) is 28.7 Å². The Hall–Kier alpha value is -3.42. The van der Waals surface area contributed by atoms with Crippen LogP contribution in [0.25, 0.3) is 22.2 Å². The van der Waals surface area contributed by atoms with Gasteiger partial charge in [0.1, 0.15) is 11.6 Å². The van der Waals surface area contributed by atoms with Gasteiger partial charge in [0, 0.05) is 6.42 Å². The van der Waals surface area contributed by atoms with Gasteiger partial charge in [-0.1, -0.05) is 48.5 Å². The molecule has 0 aliphatic rings. The van der Waals surface area contributed by atoms with Crippen molar-refractivity contribution in [2.45, 2.75) is 24.9 Å². The van der Waals surface area contributed by atoms with E-state index in [9.17, 15) is 22.0 Å². The SMILES string of the molecule is FC(F)(F)C(F)(F)COc1ccc(CCc2nc3ccc(-c4ccccc4)cc3[nH]2)cc1. The van der Waals surface area contributed by atoms with Gasteiger partial charge in [0.2, 0.25) is 0 Å². The van der Waals surface area contributed by atoms with E-state index in [1.54, 1.807) is 12.1 Å². The maximum Gasteiger partial charge on any atom is 0.456 e. The quantitative estimate of drug-likeness (QED) is 0.325. The molecule has 8 heteroatoms. The number of alkyl halides is 5. The number of rotatable bonds is 7. The number of aromatic amines is 1. The first-order valence-corrected chi connectivity index (χ1v) is 9.92. The Morgan fingerprint density at radius 1 is 0.781 bits per heavy atom. The average molecular weight is 446 g/mol. The Bertz CT molecular complexity index is 1180. The molecule has 166 valence electrons. The second kappa shape index (κ2) is 8.61. The van der Waals surface area contributed by atoms with E-state index in [-0.39, 0.29) is 5.75 Å². The Balaban J connectivity index is 1.37. The third kappa shape index (κ3) is 4.90. The number of H-pyrrole nitrogens is 1. The lowest BCUT2D eigenvalue weighted by molar-refractivity contribution is -0.290. The molecule has 0 fully saturated rings. The highest BCUT2D eigenvalue weighted by molar-refractivity contribution is 5.82. The van der Waals surface area contributed by atoms with Crippen LogP contribution in [0.2, 0.25) is 0 Å². The highest BCUT2D eigenvalue weighted by Crippen LogP contribution is 2.35. The van der Waals surface area contributed by atoms with Crippen molar-refractivity contribution >= 4 is 11.0 Å². The molecule has 0 amide bonds. The second-order valence-electron chi connectivity index (χ2n) is 7.42. The van der Waals surface area contributed by atoms with Crippen molar-refractivity contribution in [1.29, 1.82) is 0 Å². The fourth-order valence-corrected chi connectivity index (χ4v) is 3.26. The number of imidazole rings is 1. The summed E-state index contributed by atoms with van der Waals surface area (Å²) >= 11 is 0. The predicted octanol–water partition coefficient (Wildman–Crippen LogP) is 6.59. The number of hydrogen-bond donors (Lipinski definition) is 1. The molecule has 3 nitrogen and oxygen atoms in total. The van der Waals surface area contributed by atoms with E-state index in [4.69, 9.17) is 0 Å². The number of aromatic nitrogens is 2. The lowest BCUT2D eigenvalue weighted by Gasteiger charge is -2.19. The summed E-state index contributed by atoms with van der Waals surface area (Å²) in [6, 6.07) is 22.1. The van der Waals surface area contributed by atoms with E-state index in [0.717, 1.165) is 33.5 Å². The zero-order valence-electron chi connectivity index (χ0n) is 16.8. The molecular weight excluding hydrogens is 427 g/mol. The molecule has 0 saturated carbocycles. The summed E-state index contributed by atoms with van der Waals surface area (Å²) in [7, 11) is 0. The van der Waals surface area contributed by atoms with Gasteiger partial charge < -0.3 is 9.72 Å². The van der Waals surface area contributed by atoms with Crippen molar-refractivity contribution in [2.75, 3.05) is 6.61 Å². The summed E-state index contributed by atoms with van der Waals surface area (Å²) in [4.78, 5) is 7.90. The number of fused-ring (bicyclic) bond motifs is 1. The molecule has 4 aromatic rings. The van der Waals surface area contributed by atoms with Crippen molar-refractivity contribution in [3.63, 3.8) is 0 Å². The summed E-state index contributed by atoms with van der Waals surface area (Å²) in [5, 5.41) is 0. The van der Waals surface area contributed by atoms with Gasteiger partial charge >= 0.3 is 12.1 Å². The number of aryl methyl sites for hydroxylation is 2. The van der Waals surface area contributed by atoms with Gasteiger partial charge in [-0.05, 0) is 47.4 Å². The van der Waals surface area contributed by atoms with Crippen LogP contribution in [0.3, 0.4) is 0 Å². The Morgan fingerprint density at radius 3 is 2.19 bits per heavy atom. The summed E-state index contributed by atoms with van der Waals surface area (Å²) in [6.45, 7) is -1.75. The zero-order valence-corrected chi connectivity index (χ0v) is 16.8. The Kier molecular flexibility index (Phi) is 5.86. The van der Waals surface area contributed by atoms with Gasteiger partial charge in [0.25, 0.3) is 0 Å². The van der Waals surface area contributed by atoms with E-state index in [2.05, 4.69) is 14.7 Å². The lowest BCUT2D eigenvalue weighted by Crippen LogP contribution is -2.41. The van der Waals surface area contributed by atoms with Crippen molar-refractivity contribution in [1.82, 2.24) is 9.97 Å². The van der Waals surface area contributed by atoms with Gasteiger partial charge in [-0.2, -0.15) is 22.0 Å². The topological polar surface area (TPSA) is 37.9 Å². The number of hydrogen-bond acceptors (Lipinski definition) is 2. The van der Waals surface area contributed by atoms with E-state index in [0.29, 0.717) is 12.8 Å². The maximum atomic E-state index is 13.0. The van der Waals surface area contributed by atoms with Gasteiger partial charge in [-0.15, -0.1) is 0 Å². The van der Waals surface area contributed by atoms with E-state index >= 15 is 0 Å². The van der Waals surface area contributed by atoms with Crippen LogP contribution in [0.15, 0.2) is 72.8 Å². The minimum Gasteiger partial charge on any atom is -0.487 e. The van der Waals surface area contributed by atoms with Crippen LogP contribution in [0.1, 0.15) is 11.4 Å². The largest absolute Gasteiger partial charge is 0.487 e. The summed E-state index contributed by atoms with van der Waals surface area (Å²) in [6.07, 6.45) is -4.41. The zero-order chi connectivity index (χ0) is 22.8. The molecule has 0 aliphatic heterocycles. The maximum absolute atomic E-state index is 13.0. The van der Waals surface area contributed by atoms with E-state index < -0.39 is 18.7 Å². The molecule has 0 bridgehead atoms. The van der Waals surface area contributed by atoms with Crippen LogP contribution in [0.5, 0.6) is 5.75 Å². The first kappa shape index (κ1) is 21.8. The van der Waals surface area contributed by atoms with Crippen LogP contribution in [-0.2, 0) is 12.8 Å². The highest BCUT2D eigenvalue weighted by atomic mass is 19.4. The third-order valence-corrected chi connectivity index (χ3v) is 5.05. The molecule has 4 rings (SSSR count). The van der Waals surface area contributed by atoms with Crippen LogP contribution in [0.4, 0.5) is 22.0 Å². The standard InChI is InChI=1S/C24H19F5N2O/c25-23(26,24(27,28)29)15-32-19-10-6-16(7-11-19)8-13-22-30-20-12-9-18(14-21(20)31-22)17-4-2-1-3-5-17/h1-7,9-12,14H,8,13,15H2,(H,30,31). The summed E-state index contributed by atoms with van der Waals surface area (Å²) in [5.41, 5.74) is 4.86. The number of nitrogens with zero attached hydrogens (tertiary/aromatic N) is 1. The molecular formula is C24H19F5N2O. The van der Waals surface area contributed by atoms with E-state index in [1.807, 2.05) is 48.5 Å². The number of ether oxygens (including phenoxy) is 1. The van der Waals surface area contributed by atoms with Crippen molar-refractivity contribution in [3.8, 4) is 16.9 Å². The molecule has 0 aliphatic carbocycles. The number of nitrogens with one attached hydrogen (secondary N) is 1. The average Bonchev–Trinajstić information content (AvgIpc) is 3.19. The van der Waals surface area contributed by atoms with Crippen molar-refractivity contribution < 1.29 is 26.7 Å². The van der Waals surface area contributed by atoms with Crippen LogP contribution >= 0.6 is 0 Å². The molecule has 0 atom stereocenters. The molecule has 0 spiro atoms. The van der Waals surface area contributed by atoms with Crippen molar-refractivity contribution in [3.05, 3.63) is 84.2 Å². The molecule has 0 saturated heterocycles. The molecule has 3 aromatic carbocycles. The van der Waals surface area contributed by atoms with Crippen molar-refractivity contribution in [2.24, 2.45) is 0 Å². The normalized spacial score (nSPS) is 12.3. The van der Waals surface area contributed by atoms with Crippen LogP contribution < -0.4 is 4.74 Å². The molecule has 0 radical (unpaired) electrons. The summed E-state index contributed by atoms with van der Waals surface area (Å²) in [5.74, 6) is -4.14. The second-order valence-corrected chi connectivity index (χ2v) is 7.42. The first-order valence-electron chi connectivity index (χ1n) is 9.92. The highest BCUT2D eigenvalue weighted by Gasteiger charge is 2.58. The van der Waals surface area contributed by atoms with Gasteiger partial charge in [0.15, 0.2) is 6.61 Å². The van der Waals surface area contributed by atoms with Gasteiger partial charge in [-0.25, -0.2) is 4.98 Å². The number of halogens is 5. The predicted molar refractivity (Wildman–Crippen MR) is 112 cm³/mol. The fraction of sp³-hybridized carbons (Fsp3) is 0.208. The third-order valence-electron chi connectivity index (χ3n) is 5.05. The van der Waals surface area contributed by atoms with Crippen LogP contribution in [0, 0.1) is 0 Å². The monoisotopic (exact) mass is 446 g/mol. The Labute approximate surface area is 180 Å². The summed E-state index contributed by atoms with van der Waals surface area (Å²) < 4.78 is 67.1. The molecule has 0 unspecified atom stereocenters. The minimum atomic E-state index is -5.64.